The molecule has 3 nitrogen and oxygen atoms in total. The van der Waals surface area contributed by atoms with Crippen molar-refractivity contribution in [1.29, 1.82) is 0 Å². The van der Waals surface area contributed by atoms with Crippen LogP contribution in [-0.2, 0) is 14.3 Å². The summed E-state index contributed by atoms with van der Waals surface area (Å²) in [6.45, 7) is 3.96. The average Bonchev–Trinajstić information content (AvgIpc) is 2.28. The molecule has 0 bridgehead atoms. The normalized spacial score (nSPS) is 33.4. The van der Waals surface area contributed by atoms with Crippen LogP contribution in [0.3, 0.4) is 0 Å². The van der Waals surface area contributed by atoms with Crippen molar-refractivity contribution >= 4 is 11.8 Å². The maximum Gasteiger partial charge on any atom is 0.316 e. The lowest BCUT2D eigenvalue weighted by Crippen LogP contribution is -2.31. The number of ketones is 1. The third-order valence-electron chi connectivity index (χ3n) is 3.13. The van der Waals surface area contributed by atoms with Gasteiger partial charge in [0.1, 0.15) is 11.7 Å². The predicted molar refractivity (Wildman–Crippen MR) is 61.8 cm³/mol. The highest BCUT2D eigenvalue weighted by molar-refractivity contribution is 5.99. The van der Waals surface area contributed by atoms with E-state index >= 15 is 0 Å². The van der Waals surface area contributed by atoms with Crippen LogP contribution in [0, 0.1) is 17.8 Å². The third kappa shape index (κ3) is 3.19. The highest BCUT2D eigenvalue weighted by atomic mass is 16.5. The summed E-state index contributed by atoms with van der Waals surface area (Å²) in [4.78, 5) is 23.6. The molecule has 0 aromatic rings. The number of hydrogen-bond donors (Lipinski definition) is 0. The van der Waals surface area contributed by atoms with Crippen molar-refractivity contribution in [3.8, 4) is 0 Å². The average molecular weight is 224 g/mol. The smallest absolute Gasteiger partial charge is 0.316 e. The summed E-state index contributed by atoms with van der Waals surface area (Å²) >= 11 is 0. The highest BCUT2D eigenvalue weighted by Crippen LogP contribution is 2.25. The van der Waals surface area contributed by atoms with Gasteiger partial charge in [0.2, 0.25) is 0 Å². The summed E-state index contributed by atoms with van der Waals surface area (Å²) < 4.78 is 4.72. The van der Waals surface area contributed by atoms with Gasteiger partial charge in [0.05, 0.1) is 7.11 Å². The Morgan fingerprint density at radius 3 is 2.56 bits per heavy atom. The zero-order valence-electron chi connectivity index (χ0n) is 10.2. The first-order valence-electron chi connectivity index (χ1n) is 5.81. The van der Waals surface area contributed by atoms with Crippen molar-refractivity contribution in [1.82, 2.24) is 0 Å². The van der Waals surface area contributed by atoms with E-state index in [1.807, 2.05) is 13.8 Å². The molecule has 0 saturated carbocycles. The fourth-order valence-electron chi connectivity index (χ4n) is 2.14. The third-order valence-corrected chi connectivity index (χ3v) is 3.13. The molecular formula is C13H20O3. The van der Waals surface area contributed by atoms with E-state index < -0.39 is 5.92 Å². The molecule has 0 fully saturated rings. The monoisotopic (exact) mass is 224 g/mol. The molecule has 1 aliphatic carbocycles. The van der Waals surface area contributed by atoms with E-state index in [2.05, 4.69) is 12.2 Å². The van der Waals surface area contributed by atoms with Gasteiger partial charge in [0.15, 0.2) is 0 Å². The molecule has 1 aliphatic rings. The van der Waals surface area contributed by atoms with Crippen LogP contribution >= 0.6 is 0 Å². The number of rotatable bonds is 1. The van der Waals surface area contributed by atoms with E-state index in [0.717, 1.165) is 12.8 Å². The molecule has 1 rings (SSSR count). The second-order valence-electron chi connectivity index (χ2n) is 4.70. The fourth-order valence-corrected chi connectivity index (χ4v) is 2.14. The molecular weight excluding hydrogens is 204 g/mol. The maximum absolute atomic E-state index is 12.0. The van der Waals surface area contributed by atoms with E-state index in [0.29, 0.717) is 12.3 Å². The maximum atomic E-state index is 12.0. The lowest BCUT2D eigenvalue weighted by molar-refractivity contribution is -0.151. The summed E-state index contributed by atoms with van der Waals surface area (Å²) in [6, 6.07) is 0. The highest BCUT2D eigenvalue weighted by Gasteiger charge is 2.33. The first-order valence-corrected chi connectivity index (χ1v) is 5.81. The molecule has 3 heteroatoms. The number of methoxy groups -OCH3 is 1. The van der Waals surface area contributed by atoms with Crippen LogP contribution in [0.25, 0.3) is 0 Å². The molecule has 1 unspecified atom stereocenters. The molecule has 0 radical (unpaired) electrons. The largest absolute Gasteiger partial charge is 0.468 e. The Bertz CT molecular complexity index is 294. The van der Waals surface area contributed by atoms with Crippen LogP contribution in [0.2, 0.25) is 0 Å². The first-order chi connectivity index (χ1) is 7.56. The minimum absolute atomic E-state index is 0.0237. The Balaban J connectivity index is 2.86. The number of carbonyl (C=O) groups excluding carboxylic acids is 2. The fraction of sp³-hybridized carbons (Fsp3) is 0.692. The number of ether oxygens (including phenoxy) is 1. The molecule has 0 spiro atoms. The van der Waals surface area contributed by atoms with Crippen LogP contribution in [0.1, 0.15) is 33.1 Å². The number of allylic oxidation sites excluding steroid dienone is 2. The zero-order valence-corrected chi connectivity index (χ0v) is 10.2. The van der Waals surface area contributed by atoms with Gasteiger partial charge in [-0.25, -0.2) is 0 Å². The molecule has 3 atom stereocenters. The van der Waals surface area contributed by atoms with Gasteiger partial charge < -0.3 is 4.74 Å². The second kappa shape index (κ2) is 5.83. The van der Waals surface area contributed by atoms with Gasteiger partial charge >= 0.3 is 5.97 Å². The van der Waals surface area contributed by atoms with E-state index in [-0.39, 0.29) is 17.7 Å². The van der Waals surface area contributed by atoms with E-state index in [1.165, 1.54) is 7.11 Å². The molecule has 0 saturated heterocycles. The van der Waals surface area contributed by atoms with Crippen molar-refractivity contribution < 1.29 is 14.3 Å². The van der Waals surface area contributed by atoms with Gasteiger partial charge in [-0.1, -0.05) is 26.0 Å². The summed E-state index contributed by atoms with van der Waals surface area (Å²) in [5.74, 6) is -0.617. The van der Waals surface area contributed by atoms with Crippen molar-refractivity contribution in [3.05, 3.63) is 12.2 Å². The second-order valence-corrected chi connectivity index (χ2v) is 4.70. The molecule has 0 heterocycles. The molecule has 90 valence electrons. The van der Waals surface area contributed by atoms with Crippen molar-refractivity contribution in [3.63, 3.8) is 0 Å². The van der Waals surface area contributed by atoms with Gasteiger partial charge in [-0.3, -0.25) is 9.59 Å². The molecule has 0 aromatic carbocycles. The Hall–Kier alpha value is -1.12. The number of Topliss-reactive ketones (excluding diaryl/α,β-unsaturated/α-hetero) is 1. The quantitative estimate of drug-likeness (QED) is 0.390. The van der Waals surface area contributed by atoms with Crippen molar-refractivity contribution in [2.24, 2.45) is 17.8 Å². The van der Waals surface area contributed by atoms with Crippen LogP contribution in [0.15, 0.2) is 12.2 Å². The molecule has 0 aromatic heterocycles. The topological polar surface area (TPSA) is 43.4 Å². The van der Waals surface area contributed by atoms with Crippen molar-refractivity contribution in [2.75, 3.05) is 7.11 Å². The van der Waals surface area contributed by atoms with Crippen LogP contribution in [0.5, 0.6) is 0 Å². The lowest BCUT2D eigenvalue weighted by atomic mass is 9.85. The van der Waals surface area contributed by atoms with Gasteiger partial charge in [0.25, 0.3) is 0 Å². The molecule has 0 amide bonds. The van der Waals surface area contributed by atoms with Gasteiger partial charge in [-0.15, -0.1) is 0 Å². The number of carbonyl (C=O) groups is 2. The molecule has 0 aliphatic heterocycles. The Morgan fingerprint density at radius 2 is 1.94 bits per heavy atom. The minimum atomic E-state index is -0.588. The molecule has 0 N–H and O–H groups in total. The SMILES string of the molecule is COC(=O)C1C(=O)C[C@H](C)C/C=C/C[C@@H]1C. The summed E-state index contributed by atoms with van der Waals surface area (Å²) in [7, 11) is 1.34. The summed E-state index contributed by atoms with van der Waals surface area (Å²) in [5, 5.41) is 0. The Labute approximate surface area is 96.9 Å². The minimum Gasteiger partial charge on any atom is -0.468 e. The zero-order chi connectivity index (χ0) is 12.1. The number of esters is 1. The standard InChI is InChI=1S/C13H20O3/c1-9-6-4-5-7-10(2)12(11(14)8-9)13(15)16-3/h4-5,9-10,12H,6-8H2,1-3H3/b5-4+/t9-,10+,12?/m1/s1. The summed E-state index contributed by atoms with van der Waals surface area (Å²) in [5.41, 5.74) is 0. The first kappa shape index (κ1) is 12.9. The van der Waals surface area contributed by atoms with E-state index in [4.69, 9.17) is 4.74 Å². The Morgan fingerprint density at radius 1 is 1.31 bits per heavy atom. The van der Waals surface area contributed by atoms with Crippen LogP contribution < -0.4 is 0 Å². The lowest BCUT2D eigenvalue weighted by Gasteiger charge is -2.19. The van der Waals surface area contributed by atoms with Gasteiger partial charge in [-0.05, 0) is 24.7 Å². The van der Waals surface area contributed by atoms with Crippen molar-refractivity contribution in [2.45, 2.75) is 33.1 Å². The van der Waals surface area contributed by atoms with Crippen LogP contribution in [0.4, 0.5) is 0 Å². The van der Waals surface area contributed by atoms with Crippen LogP contribution in [-0.4, -0.2) is 18.9 Å². The van der Waals surface area contributed by atoms with E-state index in [9.17, 15) is 9.59 Å². The van der Waals surface area contributed by atoms with E-state index in [1.54, 1.807) is 0 Å². The predicted octanol–water partition coefficient (Wildman–Crippen LogP) is 2.36. The van der Waals surface area contributed by atoms with Gasteiger partial charge in [-0.2, -0.15) is 0 Å². The van der Waals surface area contributed by atoms with Gasteiger partial charge in [0, 0.05) is 6.42 Å². The summed E-state index contributed by atoms with van der Waals surface area (Å²) in [6.07, 6.45) is 6.31. The molecule has 16 heavy (non-hydrogen) atoms. The Kier molecular flexibility index (Phi) is 4.71. The number of hydrogen-bond acceptors (Lipinski definition) is 3.